The zero-order valence-corrected chi connectivity index (χ0v) is 11.3. The van der Waals surface area contributed by atoms with Crippen molar-refractivity contribution < 1.29 is 31.1 Å². The quantitative estimate of drug-likeness (QED) is 0.847. The van der Waals surface area contributed by atoms with E-state index in [0.29, 0.717) is 12.1 Å². The minimum Gasteiger partial charge on any atom is -0.377 e. The summed E-state index contributed by atoms with van der Waals surface area (Å²) in [6.45, 7) is 3.19. The van der Waals surface area contributed by atoms with Gasteiger partial charge >= 0.3 is 12.4 Å². The number of nitrogens with two attached hydrogens (primary N) is 1. The second-order valence-electron chi connectivity index (χ2n) is 4.83. The molecule has 0 aliphatic rings. The highest BCUT2D eigenvalue weighted by Gasteiger charge is 2.37. The van der Waals surface area contributed by atoms with Crippen molar-refractivity contribution >= 4 is 0 Å². The van der Waals surface area contributed by atoms with Crippen molar-refractivity contribution in [3.63, 3.8) is 0 Å². The first kappa shape index (κ1) is 17.8. The SMILES string of the molecule is CC(C)OCC(N)c1cc(C(F)(F)F)cc(C(F)(F)F)c1. The molecule has 0 aliphatic heterocycles. The van der Waals surface area contributed by atoms with Crippen molar-refractivity contribution in [2.45, 2.75) is 38.3 Å². The Labute approximate surface area is 117 Å². The molecule has 21 heavy (non-hydrogen) atoms. The van der Waals surface area contributed by atoms with Crippen LogP contribution in [0.4, 0.5) is 26.3 Å². The van der Waals surface area contributed by atoms with Crippen molar-refractivity contribution in [3.05, 3.63) is 34.9 Å². The smallest absolute Gasteiger partial charge is 0.377 e. The average Bonchev–Trinajstić information content (AvgIpc) is 2.33. The summed E-state index contributed by atoms with van der Waals surface area (Å²) >= 11 is 0. The van der Waals surface area contributed by atoms with Gasteiger partial charge in [-0.05, 0) is 37.6 Å². The number of rotatable bonds is 4. The van der Waals surface area contributed by atoms with Gasteiger partial charge in [0.05, 0.1) is 29.9 Å². The third kappa shape index (κ3) is 5.20. The molecule has 2 N–H and O–H groups in total. The van der Waals surface area contributed by atoms with Crippen LogP contribution in [0.3, 0.4) is 0 Å². The molecule has 0 saturated heterocycles. The number of halogens is 6. The Hall–Kier alpha value is -1.28. The molecule has 0 bridgehead atoms. The van der Waals surface area contributed by atoms with Crippen LogP contribution < -0.4 is 5.73 Å². The van der Waals surface area contributed by atoms with Gasteiger partial charge in [-0.3, -0.25) is 0 Å². The number of hydrogen-bond acceptors (Lipinski definition) is 2. The Bertz CT molecular complexity index is 448. The summed E-state index contributed by atoms with van der Waals surface area (Å²) < 4.78 is 81.2. The molecule has 2 nitrogen and oxygen atoms in total. The first-order valence-electron chi connectivity index (χ1n) is 6.08. The summed E-state index contributed by atoms with van der Waals surface area (Å²) in [6, 6.07) is 0.225. The fourth-order valence-corrected chi connectivity index (χ4v) is 1.59. The molecule has 8 heteroatoms. The lowest BCUT2D eigenvalue weighted by molar-refractivity contribution is -0.143. The summed E-state index contributed by atoms with van der Waals surface area (Å²) in [6.07, 6.45) is -9.99. The molecule has 0 aromatic heterocycles. The predicted molar refractivity (Wildman–Crippen MR) is 64.5 cm³/mol. The Morgan fingerprint density at radius 3 is 1.71 bits per heavy atom. The molecular weight excluding hydrogens is 300 g/mol. The topological polar surface area (TPSA) is 35.2 Å². The van der Waals surface area contributed by atoms with Gasteiger partial charge in [0, 0.05) is 0 Å². The van der Waals surface area contributed by atoms with Gasteiger partial charge in [-0.2, -0.15) is 26.3 Å². The first-order chi connectivity index (χ1) is 9.41. The van der Waals surface area contributed by atoms with Gasteiger partial charge in [-0.15, -0.1) is 0 Å². The molecule has 0 spiro atoms. The van der Waals surface area contributed by atoms with Crippen LogP contribution in [0.25, 0.3) is 0 Å². The maximum absolute atomic E-state index is 12.7. The van der Waals surface area contributed by atoms with Crippen LogP contribution in [0.15, 0.2) is 18.2 Å². The monoisotopic (exact) mass is 315 g/mol. The van der Waals surface area contributed by atoms with Crippen LogP contribution in [-0.2, 0) is 17.1 Å². The highest BCUT2D eigenvalue weighted by atomic mass is 19.4. The molecule has 0 saturated carbocycles. The summed E-state index contributed by atoms with van der Waals surface area (Å²) in [5, 5.41) is 0. The maximum atomic E-state index is 12.7. The molecule has 0 heterocycles. The van der Waals surface area contributed by atoms with Crippen molar-refractivity contribution in [1.29, 1.82) is 0 Å². The minimum absolute atomic E-state index is 0.0690. The van der Waals surface area contributed by atoms with Gasteiger partial charge < -0.3 is 10.5 Å². The number of alkyl halides is 6. The van der Waals surface area contributed by atoms with E-state index < -0.39 is 29.5 Å². The molecule has 1 atom stereocenters. The summed E-state index contributed by atoms with van der Waals surface area (Å²) in [4.78, 5) is 0. The summed E-state index contributed by atoms with van der Waals surface area (Å²) in [5.74, 6) is 0. The van der Waals surface area contributed by atoms with Crippen molar-refractivity contribution in [2.24, 2.45) is 5.73 Å². The van der Waals surface area contributed by atoms with Crippen LogP contribution in [0.2, 0.25) is 0 Å². The number of benzene rings is 1. The van der Waals surface area contributed by atoms with E-state index in [9.17, 15) is 26.3 Å². The lowest BCUT2D eigenvalue weighted by Crippen LogP contribution is -2.21. The van der Waals surface area contributed by atoms with Crippen LogP contribution >= 0.6 is 0 Å². The standard InChI is InChI=1S/C13H15F6NO/c1-7(2)21-6-11(20)8-3-9(12(14,15)16)5-10(4-8)13(17,18)19/h3-5,7,11H,6,20H2,1-2H3. The zero-order chi connectivity index (χ0) is 16.4. The molecule has 1 aromatic carbocycles. The average molecular weight is 315 g/mol. The van der Waals surface area contributed by atoms with E-state index in [1.165, 1.54) is 0 Å². The maximum Gasteiger partial charge on any atom is 0.416 e. The van der Waals surface area contributed by atoms with Gasteiger partial charge in [0.15, 0.2) is 0 Å². The van der Waals surface area contributed by atoms with E-state index in [-0.39, 0.29) is 24.3 Å². The van der Waals surface area contributed by atoms with E-state index in [0.717, 1.165) is 0 Å². The lowest BCUT2D eigenvalue weighted by Gasteiger charge is -2.19. The Balaban J connectivity index is 3.19. The highest BCUT2D eigenvalue weighted by molar-refractivity contribution is 5.35. The third-order valence-corrected chi connectivity index (χ3v) is 2.65. The Kier molecular flexibility index (Phi) is 5.27. The van der Waals surface area contributed by atoms with E-state index in [4.69, 9.17) is 10.5 Å². The van der Waals surface area contributed by atoms with Crippen LogP contribution in [-0.4, -0.2) is 12.7 Å². The van der Waals surface area contributed by atoms with Gasteiger partial charge in [-0.1, -0.05) is 0 Å². The second kappa shape index (κ2) is 6.23. The van der Waals surface area contributed by atoms with Crippen molar-refractivity contribution in [1.82, 2.24) is 0 Å². The number of hydrogen-bond donors (Lipinski definition) is 1. The molecule has 0 radical (unpaired) electrons. The third-order valence-electron chi connectivity index (χ3n) is 2.65. The van der Waals surface area contributed by atoms with Crippen LogP contribution in [0.1, 0.15) is 36.6 Å². The molecule has 0 fully saturated rings. The Morgan fingerprint density at radius 1 is 0.952 bits per heavy atom. The van der Waals surface area contributed by atoms with Crippen LogP contribution in [0, 0.1) is 0 Å². The zero-order valence-electron chi connectivity index (χ0n) is 11.3. The van der Waals surface area contributed by atoms with Crippen molar-refractivity contribution in [2.75, 3.05) is 6.61 Å². The van der Waals surface area contributed by atoms with Gasteiger partial charge in [0.1, 0.15) is 0 Å². The molecule has 1 aromatic rings. The Morgan fingerprint density at radius 2 is 1.38 bits per heavy atom. The van der Waals surface area contributed by atoms with Gasteiger partial charge in [0.25, 0.3) is 0 Å². The molecule has 1 unspecified atom stereocenters. The summed E-state index contributed by atoms with van der Waals surface area (Å²) in [7, 11) is 0. The second-order valence-corrected chi connectivity index (χ2v) is 4.83. The molecule has 0 aliphatic carbocycles. The lowest BCUT2D eigenvalue weighted by atomic mass is 10.0. The van der Waals surface area contributed by atoms with E-state index >= 15 is 0 Å². The fraction of sp³-hybridized carbons (Fsp3) is 0.538. The van der Waals surface area contributed by atoms with E-state index in [2.05, 4.69) is 0 Å². The van der Waals surface area contributed by atoms with Crippen LogP contribution in [0.5, 0.6) is 0 Å². The first-order valence-corrected chi connectivity index (χ1v) is 6.08. The molecular formula is C13H15F6NO. The molecule has 0 amide bonds. The minimum atomic E-state index is -4.88. The normalized spacial score (nSPS) is 14.6. The predicted octanol–water partition coefficient (Wildman–Crippen LogP) is 4.15. The highest BCUT2D eigenvalue weighted by Crippen LogP contribution is 2.37. The van der Waals surface area contributed by atoms with E-state index in [1.54, 1.807) is 13.8 Å². The number of ether oxygens (including phenoxy) is 1. The van der Waals surface area contributed by atoms with E-state index in [1.807, 2.05) is 0 Å². The molecule has 1 rings (SSSR count). The summed E-state index contributed by atoms with van der Waals surface area (Å²) in [5.41, 5.74) is 2.58. The fourth-order valence-electron chi connectivity index (χ4n) is 1.59. The van der Waals surface area contributed by atoms with Gasteiger partial charge in [0.2, 0.25) is 0 Å². The van der Waals surface area contributed by atoms with Gasteiger partial charge in [-0.25, -0.2) is 0 Å². The largest absolute Gasteiger partial charge is 0.416 e. The van der Waals surface area contributed by atoms with Crippen molar-refractivity contribution in [3.8, 4) is 0 Å². The molecule has 120 valence electrons.